The van der Waals surface area contributed by atoms with E-state index in [9.17, 15) is 4.79 Å². The number of carbonyl (C=O) groups excluding carboxylic acids is 1. The molecule has 0 aliphatic heterocycles. The summed E-state index contributed by atoms with van der Waals surface area (Å²) < 4.78 is 0. The maximum atomic E-state index is 9.90. The molecule has 0 radical (unpaired) electrons. The summed E-state index contributed by atoms with van der Waals surface area (Å²) in [6.45, 7) is -1.49. The molecule has 0 aromatic heterocycles. The van der Waals surface area contributed by atoms with Crippen molar-refractivity contribution in [3.63, 3.8) is 0 Å². The molecule has 9 heteroatoms. The molecule has 0 saturated heterocycles. The van der Waals surface area contributed by atoms with Crippen molar-refractivity contribution < 1.29 is 45.6 Å². The minimum Gasteiger partial charge on any atom is -0.394 e. The minimum atomic E-state index is -1.79. The molecule has 0 rings (SSSR count). The first-order chi connectivity index (χ1) is 8.35. The summed E-state index contributed by atoms with van der Waals surface area (Å²) in [5, 5.41) is 67.6. The molecule has 4 atom stereocenters. The zero-order valence-electron chi connectivity index (χ0n) is 9.57. The Bertz CT molecular complexity index is 196. The van der Waals surface area contributed by atoms with Gasteiger partial charge in [0, 0.05) is 0 Å². The number of hydrogen-bond donors (Lipinski definition) is 8. The highest BCUT2D eigenvalue weighted by atomic mass is 16.4. The molecule has 0 saturated carbocycles. The monoisotopic (exact) mass is 272 g/mol. The van der Waals surface area contributed by atoms with Crippen LogP contribution in [0.1, 0.15) is 0 Å². The fraction of sp³-hybridized carbons (Fsp3) is 0.889. The summed E-state index contributed by atoms with van der Waals surface area (Å²) in [5.74, 6) is 0. The Kier molecular flexibility index (Phi) is 12.5. The van der Waals surface area contributed by atoms with Gasteiger partial charge >= 0.3 is 0 Å². The molecule has 0 amide bonds. The normalized spacial score (nSPS) is 17.4. The lowest BCUT2D eigenvalue weighted by molar-refractivity contribution is -0.136. The minimum absolute atomic E-state index is 0.0258. The molecule has 0 fully saturated rings. The van der Waals surface area contributed by atoms with E-state index < -0.39 is 37.1 Å². The molecule has 18 heavy (non-hydrogen) atoms. The number of aliphatic hydroxyl groups excluding tert-OH is 8. The highest BCUT2D eigenvalue weighted by molar-refractivity contribution is 5.56. The van der Waals surface area contributed by atoms with Crippen molar-refractivity contribution in [3.8, 4) is 0 Å². The Morgan fingerprint density at radius 1 is 0.778 bits per heavy atom. The Balaban J connectivity index is 0. The molecule has 0 aromatic rings. The van der Waals surface area contributed by atoms with Gasteiger partial charge in [0.05, 0.1) is 19.8 Å². The lowest BCUT2D eigenvalue weighted by Gasteiger charge is -2.22. The topological polar surface area (TPSA) is 179 Å². The third-order valence-corrected chi connectivity index (χ3v) is 1.84. The third-order valence-electron chi connectivity index (χ3n) is 1.84. The van der Waals surface area contributed by atoms with Crippen LogP contribution >= 0.6 is 0 Å². The van der Waals surface area contributed by atoms with Crippen LogP contribution in [0, 0.1) is 0 Å². The van der Waals surface area contributed by atoms with Gasteiger partial charge in [0.15, 0.2) is 6.29 Å². The number of carbonyl (C=O) groups is 1. The third kappa shape index (κ3) is 8.44. The van der Waals surface area contributed by atoms with Crippen molar-refractivity contribution in [2.45, 2.75) is 30.5 Å². The van der Waals surface area contributed by atoms with E-state index >= 15 is 0 Å². The molecule has 110 valence electrons. The van der Waals surface area contributed by atoms with Crippen LogP contribution in [0.3, 0.4) is 0 Å². The van der Waals surface area contributed by atoms with Crippen LogP contribution in [0.15, 0.2) is 0 Å². The second-order valence-electron chi connectivity index (χ2n) is 3.38. The predicted molar refractivity (Wildman–Crippen MR) is 57.4 cm³/mol. The van der Waals surface area contributed by atoms with E-state index in [1.807, 2.05) is 0 Å². The molecule has 0 heterocycles. The van der Waals surface area contributed by atoms with Gasteiger partial charge in [-0.3, -0.25) is 0 Å². The summed E-state index contributed by atoms with van der Waals surface area (Å²) in [5.41, 5.74) is 0. The Morgan fingerprint density at radius 3 is 1.44 bits per heavy atom. The van der Waals surface area contributed by atoms with Crippen LogP contribution in [0.4, 0.5) is 0 Å². The lowest BCUT2D eigenvalue weighted by atomic mass is 10.0. The second-order valence-corrected chi connectivity index (χ2v) is 3.38. The summed E-state index contributed by atoms with van der Waals surface area (Å²) in [4.78, 5) is 9.90. The van der Waals surface area contributed by atoms with Crippen LogP contribution in [0.25, 0.3) is 0 Å². The van der Waals surface area contributed by atoms with Gasteiger partial charge in [0.2, 0.25) is 0 Å². The van der Waals surface area contributed by atoms with Gasteiger partial charge in [0.1, 0.15) is 30.5 Å². The van der Waals surface area contributed by atoms with Gasteiger partial charge in [-0.15, -0.1) is 0 Å². The van der Waals surface area contributed by atoms with Crippen molar-refractivity contribution in [3.05, 3.63) is 0 Å². The van der Waals surface area contributed by atoms with Crippen molar-refractivity contribution in [2.75, 3.05) is 19.8 Å². The van der Waals surface area contributed by atoms with Gasteiger partial charge < -0.3 is 45.6 Å². The summed E-state index contributed by atoms with van der Waals surface area (Å²) in [6.07, 6.45) is -7.79. The highest BCUT2D eigenvalue weighted by Crippen LogP contribution is 2.02. The van der Waals surface area contributed by atoms with Gasteiger partial charge in [-0.25, -0.2) is 0 Å². The standard InChI is InChI=1S/C6H12O6.C3H8O3/c7-1-3(9)5(11)6(12)4(10)2-8;4-1-3(6)2-5/h1,3-6,8-12H,2H2;3-6H,1-2H2/t3-,4+,5+,6-;/m0./s1. The van der Waals surface area contributed by atoms with E-state index in [1.165, 1.54) is 0 Å². The number of aliphatic hydroxyl groups is 8. The Hall–Kier alpha value is -0.650. The van der Waals surface area contributed by atoms with Crippen molar-refractivity contribution in [2.24, 2.45) is 0 Å². The Morgan fingerprint density at radius 2 is 1.22 bits per heavy atom. The van der Waals surface area contributed by atoms with Crippen molar-refractivity contribution >= 4 is 6.29 Å². The zero-order valence-corrected chi connectivity index (χ0v) is 9.57. The molecule has 0 bridgehead atoms. The number of rotatable bonds is 7. The summed E-state index contributed by atoms with van der Waals surface area (Å²) >= 11 is 0. The SMILES string of the molecule is O=C[C@H](O)[C@@H](O)[C@@H](O)[C@H](O)CO.OCC(O)CO. The van der Waals surface area contributed by atoms with E-state index in [4.69, 9.17) is 40.9 Å². The van der Waals surface area contributed by atoms with Crippen molar-refractivity contribution in [1.29, 1.82) is 0 Å². The highest BCUT2D eigenvalue weighted by Gasteiger charge is 2.29. The quantitative estimate of drug-likeness (QED) is 0.210. The van der Waals surface area contributed by atoms with E-state index in [0.29, 0.717) is 0 Å². The van der Waals surface area contributed by atoms with Crippen LogP contribution < -0.4 is 0 Å². The molecule has 0 aliphatic rings. The van der Waals surface area contributed by atoms with E-state index in [0.717, 1.165) is 0 Å². The van der Waals surface area contributed by atoms with E-state index in [1.54, 1.807) is 0 Å². The van der Waals surface area contributed by atoms with E-state index in [-0.39, 0.29) is 19.5 Å². The molecular weight excluding hydrogens is 252 g/mol. The summed E-state index contributed by atoms with van der Waals surface area (Å²) in [7, 11) is 0. The first-order valence-corrected chi connectivity index (χ1v) is 5.03. The fourth-order valence-electron chi connectivity index (χ4n) is 0.676. The molecular formula is C9H20O9. The van der Waals surface area contributed by atoms with E-state index in [2.05, 4.69) is 0 Å². The molecule has 0 aliphatic carbocycles. The van der Waals surface area contributed by atoms with Crippen LogP contribution in [-0.2, 0) is 4.79 Å². The Labute approximate surface area is 103 Å². The van der Waals surface area contributed by atoms with Gasteiger partial charge in [-0.1, -0.05) is 0 Å². The molecule has 8 N–H and O–H groups in total. The molecule has 0 aromatic carbocycles. The van der Waals surface area contributed by atoms with Crippen LogP contribution in [0.2, 0.25) is 0 Å². The van der Waals surface area contributed by atoms with Gasteiger partial charge in [0.25, 0.3) is 0 Å². The summed E-state index contributed by atoms with van der Waals surface area (Å²) in [6, 6.07) is 0. The molecule has 0 unspecified atom stereocenters. The van der Waals surface area contributed by atoms with Crippen LogP contribution in [-0.4, -0.2) is 97.5 Å². The fourth-order valence-corrected chi connectivity index (χ4v) is 0.676. The zero-order chi connectivity index (χ0) is 14.7. The number of aldehydes is 1. The predicted octanol–water partition coefficient (Wildman–Crippen LogP) is -5.05. The maximum absolute atomic E-state index is 9.90. The first kappa shape index (κ1) is 19.7. The molecule has 0 spiro atoms. The first-order valence-electron chi connectivity index (χ1n) is 5.03. The smallest absolute Gasteiger partial charge is 0.151 e. The number of hydrogen-bond acceptors (Lipinski definition) is 9. The van der Waals surface area contributed by atoms with Crippen molar-refractivity contribution in [1.82, 2.24) is 0 Å². The van der Waals surface area contributed by atoms with Gasteiger partial charge in [-0.2, -0.15) is 0 Å². The maximum Gasteiger partial charge on any atom is 0.151 e. The van der Waals surface area contributed by atoms with Gasteiger partial charge in [-0.05, 0) is 0 Å². The largest absolute Gasteiger partial charge is 0.394 e. The average Bonchev–Trinajstić information content (AvgIpc) is 2.43. The lowest BCUT2D eigenvalue weighted by Crippen LogP contribution is -2.46. The molecule has 9 nitrogen and oxygen atoms in total. The van der Waals surface area contributed by atoms with Crippen LogP contribution in [0.5, 0.6) is 0 Å². The second kappa shape index (κ2) is 11.4. The average molecular weight is 272 g/mol.